The number of rotatable bonds is 5. The van der Waals surface area contributed by atoms with Gasteiger partial charge >= 0.3 is 0 Å². The first kappa shape index (κ1) is 16.1. The zero-order chi connectivity index (χ0) is 15.4. The van der Waals surface area contributed by atoms with E-state index in [1.807, 2.05) is 0 Å². The second-order valence-electron chi connectivity index (χ2n) is 5.33. The van der Waals surface area contributed by atoms with Gasteiger partial charge in [-0.1, -0.05) is 31.5 Å². The quantitative estimate of drug-likeness (QED) is 0.821. The minimum absolute atomic E-state index is 0.0844. The lowest BCUT2D eigenvalue weighted by Gasteiger charge is -2.36. The third kappa shape index (κ3) is 3.49. The van der Waals surface area contributed by atoms with E-state index in [9.17, 15) is 13.9 Å². The standard InChI is InChI=1S/C15H20F2N2OS/c16-13-11(15(18)21)6-7-12(14(13)17)19(8-9-20)10-4-2-1-3-5-10/h6-7,10,20H,1-5,8-9H2,(H2,18,21). The van der Waals surface area contributed by atoms with Gasteiger partial charge < -0.3 is 15.7 Å². The van der Waals surface area contributed by atoms with Gasteiger partial charge in [-0.3, -0.25) is 0 Å². The van der Waals surface area contributed by atoms with E-state index in [0.717, 1.165) is 25.7 Å². The predicted molar refractivity (Wildman–Crippen MR) is 83.6 cm³/mol. The van der Waals surface area contributed by atoms with Gasteiger partial charge in [-0.2, -0.15) is 0 Å². The van der Waals surface area contributed by atoms with Crippen LogP contribution in [0.3, 0.4) is 0 Å². The fraction of sp³-hybridized carbons (Fsp3) is 0.533. The van der Waals surface area contributed by atoms with Crippen molar-refractivity contribution in [2.75, 3.05) is 18.1 Å². The molecule has 1 aliphatic rings. The van der Waals surface area contributed by atoms with Crippen molar-refractivity contribution in [3.8, 4) is 0 Å². The van der Waals surface area contributed by atoms with Crippen LogP contribution < -0.4 is 10.6 Å². The molecule has 3 N–H and O–H groups in total. The molecule has 0 aromatic heterocycles. The largest absolute Gasteiger partial charge is 0.395 e. The van der Waals surface area contributed by atoms with Crippen molar-refractivity contribution < 1.29 is 13.9 Å². The van der Waals surface area contributed by atoms with Crippen LogP contribution in [0.25, 0.3) is 0 Å². The predicted octanol–water partition coefficient (Wildman–Crippen LogP) is 2.73. The molecule has 1 fully saturated rings. The van der Waals surface area contributed by atoms with E-state index in [-0.39, 0.29) is 35.4 Å². The summed E-state index contributed by atoms with van der Waals surface area (Å²) < 4.78 is 28.4. The Balaban J connectivity index is 2.35. The maximum absolute atomic E-state index is 14.3. The molecule has 116 valence electrons. The summed E-state index contributed by atoms with van der Waals surface area (Å²) in [6, 6.07) is 3.04. The first-order chi connectivity index (χ1) is 10.1. The number of hydrogen-bond donors (Lipinski definition) is 2. The Bertz CT molecular complexity index is 519. The molecule has 0 atom stereocenters. The van der Waals surface area contributed by atoms with Crippen LogP contribution in [0.5, 0.6) is 0 Å². The number of halogens is 2. The number of aliphatic hydroxyl groups is 1. The number of anilines is 1. The lowest BCUT2D eigenvalue weighted by molar-refractivity contribution is 0.289. The van der Waals surface area contributed by atoms with E-state index in [4.69, 9.17) is 18.0 Å². The van der Waals surface area contributed by atoms with Crippen molar-refractivity contribution in [1.82, 2.24) is 0 Å². The van der Waals surface area contributed by atoms with Crippen LogP contribution in [0.15, 0.2) is 12.1 Å². The first-order valence-corrected chi connectivity index (χ1v) is 7.62. The molecular weight excluding hydrogens is 294 g/mol. The van der Waals surface area contributed by atoms with Crippen molar-refractivity contribution in [2.24, 2.45) is 5.73 Å². The maximum atomic E-state index is 14.3. The fourth-order valence-corrected chi connectivity index (χ4v) is 3.11. The highest BCUT2D eigenvalue weighted by Crippen LogP contribution is 2.30. The van der Waals surface area contributed by atoms with Crippen molar-refractivity contribution in [2.45, 2.75) is 38.1 Å². The van der Waals surface area contributed by atoms with Crippen LogP contribution >= 0.6 is 12.2 Å². The molecule has 0 bridgehead atoms. The lowest BCUT2D eigenvalue weighted by atomic mass is 9.93. The summed E-state index contributed by atoms with van der Waals surface area (Å²) in [5, 5.41) is 9.23. The summed E-state index contributed by atoms with van der Waals surface area (Å²) in [6.07, 6.45) is 5.17. The first-order valence-electron chi connectivity index (χ1n) is 7.21. The molecule has 0 heterocycles. The Morgan fingerprint density at radius 3 is 2.48 bits per heavy atom. The van der Waals surface area contributed by atoms with Crippen molar-refractivity contribution in [3.63, 3.8) is 0 Å². The molecule has 0 amide bonds. The minimum atomic E-state index is -1.02. The molecule has 6 heteroatoms. The molecule has 2 rings (SSSR count). The Morgan fingerprint density at radius 2 is 1.90 bits per heavy atom. The number of aliphatic hydroxyl groups excluding tert-OH is 1. The van der Waals surface area contributed by atoms with Crippen molar-refractivity contribution in [3.05, 3.63) is 29.3 Å². The number of nitrogens with zero attached hydrogens (tertiary/aromatic N) is 1. The third-order valence-corrected chi connectivity index (χ3v) is 4.21. The molecule has 0 spiro atoms. The molecule has 21 heavy (non-hydrogen) atoms. The van der Waals surface area contributed by atoms with Gasteiger partial charge in [-0.15, -0.1) is 0 Å². The molecule has 0 radical (unpaired) electrons. The van der Waals surface area contributed by atoms with Crippen molar-refractivity contribution in [1.29, 1.82) is 0 Å². The summed E-state index contributed by atoms with van der Waals surface area (Å²) in [5.74, 6) is -1.96. The lowest BCUT2D eigenvalue weighted by Crippen LogP contribution is -2.39. The Morgan fingerprint density at radius 1 is 1.24 bits per heavy atom. The molecule has 0 aliphatic heterocycles. The number of nitrogens with two attached hydrogens (primary N) is 1. The van der Waals surface area contributed by atoms with E-state index in [1.165, 1.54) is 18.6 Å². The molecule has 1 aromatic carbocycles. The van der Waals surface area contributed by atoms with Crippen LogP contribution in [-0.2, 0) is 0 Å². The SMILES string of the molecule is NC(=S)c1ccc(N(CCO)C2CCCCC2)c(F)c1F. The van der Waals surface area contributed by atoms with Gasteiger partial charge in [0.2, 0.25) is 0 Å². The van der Waals surface area contributed by atoms with Crippen LogP contribution in [0.1, 0.15) is 37.7 Å². The highest BCUT2D eigenvalue weighted by atomic mass is 32.1. The number of hydrogen-bond acceptors (Lipinski definition) is 3. The smallest absolute Gasteiger partial charge is 0.182 e. The summed E-state index contributed by atoms with van der Waals surface area (Å²) in [5.41, 5.74) is 5.47. The molecular formula is C15H20F2N2OS. The highest BCUT2D eigenvalue weighted by Gasteiger charge is 2.25. The normalized spacial score (nSPS) is 16.0. The molecule has 1 aliphatic carbocycles. The van der Waals surface area contributed by atoms with E-state index < -0.39 is 11.6 Å². The second kappa shape index (κ2) is 7.13. The Kier molecular flexibility index (Phi) is 5.47. The third-order valence-electron chi connectivity index (χ3n) is 3.99. The summed E-state index contributed by atoms with van der Waals surface area (Å²) in [4.78, 5) is 1.60. The van der Waals surface area contributed by atoms with Crippen LogP contribution in [-0.4, -0.2) is 29.3 Å². The second-order valence-corrected chi connectivity index (χ2v) is 5.77. The van der Waals surface area contributed by atoms with Crippen molar-refractivity contribution >= 4 is 22.9 Å². The zero-order valence-corrected chi connectivity index (χ0v) is 12.6. The zero-order valence-electron chi connectivity index (χ0n) is 11.8. The van der Waals surface area contributed by atoms with Gasteiger partial charge in [0, 0.05) is 18.2 Å². The van der Waals surface area contributed by atoms with Gasteiger partial charge in [0.05, 0.1) is 12.3 Å². The maximum Gasteiger partial charge on any atom is 0.182 e. The molecule has 3 nitrogen and oxygen atoms in total. The fourth-order valence-electron chi connectivity index (χ4n) is 2.95. The summed E-state index contributed by atoms with van der Waals surface area (Å²) >= 11 is 4.71. The van der Waals surface area contributed by atoms with Crippen LogP contribution in [0.2, 0.25) is 0 Å². The number of benzene rings is 1. The van der Waals surface area contributed by atoms with Gasteiger partial charge in [0.1, 0.15) is 4.99 Å². The molecule has 1 aromatic rings. The van der Waals surface area contributed by atoms with E-state index >= 15 is 0 Å². The highest BCUT2D eigenvalue weighted by molar-refractivity contribution is 7.80. The van der Waals surface area contributed by atoms with E-state index in [0.29, 0.717) is 0 Å². The minimum Gasteiger partial charge on any atom is -0.395 e. The van der Waals surface area contributed by atoms with Gasteiger partial charge in [-0.05, 0) is 25.0 Å². The Hall–Kier alpha value is -1.27. The van der Waals surface area contributed by atoms with Crippen LogP contribution in [0, 0.1) is 11.6 Å². The monoisotopic (exact) mass is 314 g/mol. The summed E-state index contributed by atoms with van der Waals surface area (Å²) in [6.45, 7) is 0.183. The van der Waals surface area contributed by atoms with E-state index in [1.54, 1.807) is 4.90 Å². The van der Waals surface area contributed by atoms with Gasteiger partial charge in [-0.25, -0.2) is 8.78 Å². The average molecular weight is 314 g/mol. The molecule has 0 unspecified atom stereocenters. The Labute approximate surface area is 128 Å². The van der Waals surface area contributed by atoms with Gasteiger partial charge in [0.25, 0.3) is 0 Å². The van der Waals surface area contributed by atoms with Gasteiger partial charge in [0.15, 0.2) is 11.6 Å². The topological polar surface area (TPSA) is 49.5 Å². The number of thiocarbonyl (C=S) groups is 1. The average Bonchev–Trinajstić information content (AvgIpc) is 2.48. The molecule has 0 saturated heterocycles. The van der Waals surface area contributed by atoms with Crippen LogP contribution in [0.4, 0.5) is 14.5 Å². The summed E-state index contributed by atoms with van der Waals surface area (Å²) in [7, 11) is 0. The molecule has 1 saturated carbocycles. The van der Waals surface area contributed by atoms with E-state index in [2.05, 4.69) is 0 Å².